The van der Waals surface area contributed by atoms with Gasteiger partial charge in [0, 0.05) is 0 Å². The Morgan fingerprint density at radius 3 is 2.87 bits per heavy atom. The van der Waals surface area contributed by atoms with Crippen molar-refractivity contribution in [2.45, 2.75) is 19.3 Å². The Balaban J connectivity index is 2.04. The molecule has 3 heteroatoms. The smallest absolute Gasteiger partial charge is 0.134 e. The Hall–Kier alpha value is -1.01. The van der Waals surface area contributed by atoms with Gasteiger partial charge in [0.25, 0.3) is 0 Å². The molecule has 2 nitrogen and oxygen atoms in total. The molecule has 1 fully saturated rings. The summed E-state index contributed by atoms with van der Waals surface area (Å²) >= 11 is 3.38. The van der Waals surface area contributed by atoms with E-state index in [1.807, 2.05) is 12.1 Å². The third-order valence-corrected chi connectivity index (χ3v) is 3.60. The predicted octanol–water partition coefficient (Wildman–Crippen LogP) is 3.50. The van der Waals surface area contributed by atoms with Crippen molar-refractivity contribution in [1.82, 2.24) is 0 Å². The minimum absolute atomic E-state index is 0.626. The van der Waals surface area contributed by atoms with Gasteiger partial charge in [0.2, 0.25) is 0 Å². The van der Waals surface area contributed by atoms with Crippen LogP contribution in [-0.4, -0.2) is 6.61 Å². The van der Waals surface area contributed by atoms with E-state index < -0.39 is 0 Å². The summed E-state index contributed by atoms with van der Waals surface area (Å²) in [4.78, 5) is 0. The first-order valence-electron chi connectivity index (χ1n) is 5.12. The molecule has 0 atom stereocenters. The van der Waals surface area contributed by atoms with Gasteiger partial charge in [0.15, 0.2) is 0 Å². The number of benzene rings is 1. The van der Waals surface area contributed by atoms with Gasteiger partial charge in [0.1, 0.15) is 11.8 Å². The highest BCUT2D eigenvalue weighted by molar-refractivity contribution is 9.10. The second-order valence-corrected chi connectivity index (χ2v) is 4.63. The summed E-state index contributed by atoms with van der Waals surface area (Å²) in [7, 11) is 0. The van der Waals surface area contributed by atoms with Crippen LogP contribution in [0.5, 0.6) is 5.75 Å². The van der Waals surface area contributed by atoms with Crippen molar-refractivity contribution in [1.29, 1.82) is 5.26 Å². The molecule has 1 aromatic rings. The van der Waals surface area contributed by atoms with E-state index in [1.165, 1.54) is 19.3 Å². The molecule has 0 bridgehead atoms. The van der Waals surface area contributed by atoms with Crippen LogP contribution in [0.4, 0.5) is 0 Å². The molecule has 0 amide bonds. The molecular formula is C12H12BrNO. The normalized spacial score (nSPS) is 15.5. The van der Waals surface area contributed by atoms with Crippen LogP contribution in [0.15, 0.2) is 22.7 Å². The zero-order valence-corrected chi connectivity index (χ0v) is 9.96. The Bertz CT molecular complexity index is 393. The lowest BCUT2D eigenvalue weighted by Gasteiger charge is -2.25. The zero-order valence-electron chi connectivity index (χ0n) is 8.37. The average molecular weight is 266 g/mol. The fraction of sp³-hybridized carbons (Fsp3) is 0.417. The molecular weight excluding hydrogens is 254 g/mol. The van der Waals surface area contributed by atoms with Gasteiger partial charge < -0.3 is 4.74 Å². The Morgan fingerprint density at radius 2 is 2.27 bits per heavy atom. The fourth-order valence-corrected chi connectivity index (χ4v) is 2.04. The van der Waals surface area contributed by atoms with Crippen LogP contribution >= 0.6 is 15.9 Å². The van der Waals surface area contributed by atoms with Crippen molar-refractivity contribution >= 4 is 15.9 Å². The molecule has 0 aromatic heterocycles. The first kappa shape index (κ1) is 10.5. The number of nitrogens with zero attached hydrogens (tertiary/aromatic N) is 1. The van der Waals surface area contributed by atoms with Crippen molar-refractivity contribution in [2.75, 3.05) is 6.61 Å². The standard InChI is InChI=1S/C12H12BrNO/c13-12-10(7-14)5-2-6-11(12)15-8-9-3-1-4-9/h2,5-6,9H,1,3-4,8H2. The third-order valence-electron chi connectivity index (χ3n) is 2.78. The summed E-state index contributed by atoms with van der Waals surface area (Å²) in [6.07, 6.45) is 3.87. The van der Waals surface area contributed by atoms with Crippen molar-refractivity contribution < 1.29 is 4.74 Å². The molecule has 1 saturated carbocycles. The van der Waals surface area contributed by atoms with Crippen LogP contribution in [-0.2, 0) is 0 Å². The molecule has 0 spiro atoms. The summed E-state index contributed by atoms with van der Waals surface area (Å²) in [6.45, 7) is 0.771. The number of nitriles is 1. The summed E-state index contributed by atoms with van der Waals surface area (Å²) in [5.74, 6) is 1.49. The molecule has 1 aliphatic carbocycles. The summed E-state index contributed by atoms with van der Waals surface area (Å²) in [5.41, 5.74) is 0.626. The van der Waals surface area contributed by atoms with Crippen molar-refractivity contribution in [2.24, 2.45) is 5.92 Å². The van der Waals surface area contributed by atoms with E-state index in [4.69, 9.17) is 10.00 Å². The number of rotatable bonds is 3. The van der Waals surface area contributed by atoms with Crippen LogP contribution < -0.4 is 4.74 Å². The highest BCUT2D eigenvalue weighted by atomic mass is 79.9. The van der Waals surface area contributed by atoms with Gasteiger partial charge in [0.05, 0.1) is 16.6 Å². The second-order valence-electron chi connectivity index (χ2n) is 3.84. The van der Waals surface area contributed by atoms with Crippen molar-refractivity contribution in [3.8, 4) is 11.8 Å². The van der Waals surface area contributed by atoms with Crippen molar-refractivity contribution in [3.63, 3.8) is 0 Å². The van der Waals surface area contributed by atoms with Gasteiger partial charge in [-0.05, 0) is 46.8 Å². The van der Waals surface area contributed by atoms with E-state index in [2.05, 4.69) is 22.0 Å². The molecule has 0 unspecified atom stereocenters. The van der Waals surface area contributed by atoms with E-state index in [-0.39, 0.29) is 0 Å². The molecule has 1 aliphatic rings. The minimum atomic E-state index is 0.626. The average Bonchev–Trinajstić information content (AvgIpc) is 2.18. The molecule has 1 aromatic carbocycles. The van der Waals surface area contributed by atoms with Gasteiger partial charge in [-0.2, -0.15) is 5.26 Å². The highest BCUT2D eigenvalue weighted by Gasteiger charge is 2.18. The monoisotopic (exact) mass is 265 g/mol. The number of hydrogen-bond acceptors (Lipinski definition) is 2. The van der Waals surface area contributed by atoms with Crippen LogP contribution in [0.3, 0.4) is 0 Å². The Kier molecular flexibility index (Phi) is 3.27. The van der Waals surface area contributed by atoms with Gasteiger partial charge in [-0.1, -0.05) is 12.5 Å². The van der Waals surface area contributed by atoms with Crippen molar-refractivity contribution in [3.05, 3.63) is 28.2 Å². The lowest BCUT2D eigenvalue weighted by molar-refractivity contribution is 0.180. The quantitative estimate of drug-likeness (QED) is 0.838. The molecule has 0 N–H and O–H groups in total. The largest absolute Gasteiger partial charge is 0.492 e. The first-order valence-corrected chi connectivity index (χ1v) is 5.92. The SMILES string of the molecule is N#Cc1cccc(OCC2CCC2)c1Br. The predicted molar refractivity (Wildman–Crippen MR) is 61.7 cm³/mol. The summed E-state index contributed by atoms with van der Waals surface area (Å²) < 4.78 is 6.46. The van der Waals surface area contributed by atoms with Gasteiger partial charge in [-0.25, -0.2) is 0 Å². The Morgan fingerprint density at radius 1 is 1.47 bits per heavy atom. The topological polar surface area (TPSA) is 33.0 Å². The Labute approximate surface area is 98.0 Å². The van der Waals surface area contributed by atoms with Crippen LogP contribution in [0.1, 0.15) is 24.8 Å². The van der Waals surface area contributed by atoms with Gasteiger partial charge in [-0.15, -0.1) is 0 Å². The van der Waals surface area contributed by atoms with Crippen LogP contribution in [0.25, 0.3) is 0 Å². The molecule has 0 aliphatic heterocycles. The number of hydrogen-bond donors (Lipinski definition) is 0. The maximum absolute atomic E-state index is 8.84. The van der Waals surface area contributed by atoms with E-state index in [9.17, 15) is 0 Å². The molecule has 2 rings (SSSR count). The third kappa shape index (κ3) is 2.32. The van der Waals surface area contributed by atoms with E-state index in [0.29, 0.717) is 11.5 Å². The zero-order chi connectivity index (χ0) is 10.7. The lowest BCUT2D eigenvalue weighted by atomic mass is 9.86. The first-order chi connectivity index (χ1) is 7.31. The van der Waals surface area contributed by atoms with Crippen LogP contribution in [0, 0.1) is 17.2 Å². The molecule has 15 heavy (non-hydrogen) atoms. The fourth-order valence-electron chi connectivity index (χ4n) is 1.58. The highest BCUT2D eigenvalue weighted by Crippen LogP contribution is 2.31. The van der Waals surface area contributed by atoms with E-state index >= 15 is 0 Å². The second kappa shape index (κ2) is 4.67. The number of halogens is 1. The van der Waals surface area contributed by atoms with E-state index in [0.717, 1.165) is 16.8 Å². The van der Waals surface area contributed by atoms with Gasteiger partial charge in [-0.3, -0.25) is 0 Å². The maximum atomic E-state index is 8.84. The van der Waals surface area contributed by atoms with E-state index in [1.54, 1.807) is 6.07 Å². The maximum Gasteiger partial charge on any atom is 0.134 e. The minimum Gasteiger partial charge on any atom is -0.492 e. The summed E-state index contributed by atoms with van der Waals surface area (Å²) in [5, 5.41) is 8.84. The van der Waals surface area contributed by atoms with Gasteiger partial charge >= 0.3 is 0 Å². The molecule has 0 heterocycles. The van der Waals surface area contributed by atoms with Crippen LogP contribution in [0.2, 0.25) is 0 Å². The molecule has 0 saturated heterocycles. The lowest BCUT2D eigenvalue weighted by Crippen LogP contribution is -2.19. The number of ether oxygens (including phenoxy) is 1. The molecule has 78 valence electrons. The molecule has 0 radical (unpaired) electrons. The summed E-state index contributed by atoms with van der Waals surface area (Å²) in [6, 6.07) is 7.64.